The van der Waals surface area contributed by atoms with Gasteiger partial charge in [-0.2, -0.15) is 9.97 Å². The van der Waals surface area contributed by atoms with Crippen LogP contribution in [0.1, 0.15) is 6.85 Å². The third-order valence-corrected chi connectivity index (χ3v) is 9.26. The summed E-state index contributed by atoms with van der Waals surface area (Å²) in [5.74, 6) is 1.52. The average Bonchev–Trinajstić information content (AvgIpc) is 3.74. The molecule has 234 valence electrons. The molecule has 3 aromatic heterocycles. The molecule has 0 N–H and O–H groups in total. The van der Waals surface area contributed by atoms with Crippen LogP contribution in [0.4, 0.5) is 0 Å². The van der Waals surface area contributed by atoms with Gasteiger partial charge in [0.25, 0.3) is 0 Å². The minimum absolute atomic E-state index is 0.104. The minimum Gasteiger partial charge on any atom is -0.309 e. The number of nitrogens with zero attached hydrogens (tertiary/aromatic N) is 5. The van der Waals surface area contributed by atoms with Gasteiger partial charge in [0.05, 0.1) is 28.9 Å². The van der Waals surface area contributed by atoms with E-state index in [0.29, 0.717) is 23.1 Å². The molecule has 0 fully saturated rings. The van der Waals surface area contributed by atoms with Crippen molar-refractivity contribution in [1.82, 2.24) is 24.1 Å². The predicted octanol–water partition coefficient (Wildman–Crippen LogP) is 11.1. The normalized spacial score (nSPS) is 13.0. The van der Waals surface area contributed by atoms with Crippen LogP contribution in [0, 0.1) is 0 Å². The second kappa shape index (κ2) is 11.4. The number of aromatic nitrogens is 5. The molecule has 50 heavy (non-hydrogen) atoms. The van der Waals surface area contributed by atoms with Gasteiger partial charge in [0, 0.05) is 38.4 Å². The largest absolute Gasteiger partial charge is 0.309 e. The highest BCUT2D eigenvalue weighted by molar-refractivity contribution is 6.18. The standard InChI is InChI=1S/C45H29N5/c1-4-15-30(16-5-1)32-19-14-20-33(27-32)44-46-43(31-17-6-2-7-18-31)47-45(48-44)50-40-26-13-11-24-36(40)38-28-41-37(29-42(38)50)35-23-10-12-25-39(35)49(41)34-21-8-3-9-22-34/h1-29H/i3D,8D,9D,21D,22D. The Kier molecular flexibility index (Phi) is 5.35. The fourth-order valence-corrected chi connectivity index (χ4v) is 7.02. The van der Waals surface area contributed by atoms with Crippen molar-refractivity contribution in [2.24, 2.45) is 0 Å². The van der Waals surface area contributed by atoms with Crippen LogP contribution >= 0.6 is 0 Å². The highest BCUT2D eigenvalue weighted by atomic mass is 15.2. The first kappa shape index (κ1) is 23.5. The van der Waals surface area contributed by atoms with Gasteiger partial charge in [0.2, 0.25) is 5.95 Å². The molecule has 0 aliphatic rings. The summed E-state index contributed by atoms with van der Waals surface area (Å²) in [6.45, 7) is 0. The van der Waals surface area contributed by atoms with Crippen molar-refractivity contribution < 1.29 is 6.85 Å². The van der Waals surface area contributed by atoms with Crippen LogP contribution in [0.25, 0.3) is 89.2 Å². The SMILES string of the molecule is [2H]c1c([2H])c([2H])c(-n2c3ccccc3c3cc4c(cc32)c2ccccc2n4-c2nc(-c3ccccc3)nc(-c3cccc(-c4ccccc4)c3)n2)c([2H])c1[2H]. The molecule has 0 amide bonds. The number of benzene rings is 7. The molecule has 0 aliphatic carbocycles. The molecule has 10 rings (SSSR count). The number of fused-ring (bicyclic) bond motifs is 6. The molecule has 0 unspecified atom stereocenters. The number of hydrogen-bond donors (Lipinski definition) is 0. The molecule has 0 aliphatic heterocycles. The summed E-state index contributed by atoms with van der Waals surface area (Å²) in [4.78, 5) is 15.3. The third-order valence-electron chi connectivity index (χ3n) is 9.26. The Balaban J connectivity index is 1.28. The zero-order valence-corrected chi connectivity index (χ0v) is 26.6. The highest BCUT2D eigenvalue weighted by Gasteiger charge is 2.21. The van der Waals surface area contributed by atoms with Gasteiger partial charge in [-0.05, 0) is 53.5 Å². The Morgan fingerprint density at radius 2 is 0.900 bits per heavy atom. The topological polar surface area (TPSA) is 48.5 Å². The Bertz CT molecular complexity index is 3130. The van der Waals surface area contributed by atoms with Crippen molar-refractivity contribution in [3.05, 3.63) is 176 Å². The molecule has 0 spiro atoms. The van der Waals surface area contributed by atoms with Crippen LogP contribution in [0.2, 0.25) is 0 Å². The maximum absolute atomic E-state index is 8.90. The lowest BCUT2D eigenvalue weighted by Crippen LogP contribution is -2.06. The molecular weight excluding hydrogens is 611 g/mol. The van der Waals surface area contributed by atoms with E-state index in [1.54, 1.807) is 4.57 Å². The van der Waals surface area contributed by atoms with Gasteiger partial charge >= 0.3 is 0 Å². The first-order chi connectivity index (χ1) is 26.9. The number of hydrogen-bond acceptors (Lipinski definition) is 3. The van der Waals surface area contributed by atoms with Crippen molar-refractivity contribution in [3.8, 4) is 45.5 Å². The van der Waals surface area contributed by atoms with Gasteiger partial charge in [0.1, 0.15) is 0 Å². The fraction of sp³-hybridized carbons (Fsp3) is 0. The van der Waals surface area contributed by atoms with E-state index in [1.165, 1.54) is 0 Å². The van der Waals surface area contributed by atoms with Crippen molar-refractivity contribution in [3.63, 3.8) is 0 Å². The molecule has 5 nitrogen and oxygen atoms in total. The zero-order valence-electron chi connectivity index (χ0n) is 31.6. The van der Waals surface area contributed by atoms with E-state index in [0.717, 1.165) is 60.3 Å². The van der Waals surface area contributed by atoms with Crippen LogP contribution < -0.4 is 0 Å². The lowest BCUT2D eigenvalue weighted by Gasteiger charge is -2.12. The second-order valence-corrected chi connectivity index (χ2v) is 12.2. The van der Waals surface area contributed by atoms with E-state index in [4.69, 9.17) is 21.8 Å². The van der Waals surface area contributed by atoms with Crippen molar-refractivity contribution in [1.29, 1.82) is 0 Å². The maximum Gasteiger partial charge on any atom is 0.238 e. The smallest absolute Gasteiger partial charge is 0.238 e. The summed E-state index contributed by atoms with van der Waals surface area (Å²) >= 11 is 0. The Morgan fingerprint density at radius 1 is 0.380 bits per heavy atom. The van der Waals surface area contributed by atoms with E-state index < -0.39 is 6.04 Å². The molecular formula is C45H29N5. The first-order valence-electron chi connectivity index (χ1n) is 18.9. The van der Waals surface area contributed by atoms with Gasteiger partial charge in [-0.15, -0.1) is 0 Å². The zero-order chi connectivity index (χ0) is 37.4. The molecule has 0 radical (unpaired) electrons. The summed E-state index contributed by atoms with van der Waals surface area (Å²) in [6.07, 6.45) is 0. The lowest BCUT2D eigenvalue weighted by atomic mass is 10.0. The predicted molar refractivity (Wildman–Crippen MR) is 205 cm³/mol. The minimum atomic E-state index is -0.427. The van der Waals surface area contributed by atoms with E-state index >= 15 is 0 Å². The summed E-state index contributed by atoms with van der Waals surface area (Å²) in [6, 6.07) is 46.6. The van der Waals surface area contributed by atoms with Crippen LogP contribution in [0.15, 0.2) is 176 Å². The molecule has 0 bridgehead atoms. The average molecular weight is 645 g/mol. The highest BCUT2D eigenvalue weighted by Crippen LogP contribution is 2.39. The molecule has 0 saturated carbocycles. The molecule has 10 aromatic rings. The summed E-state index contributed by atoms with van der Waals surface area (Å²) in [7, 11) is 0. The lowest BCUT2D eigenvalue weighted by molar-refractivity contribution is 0.954. The van der Waals surface area contributed by atoms with Crippen molar-refractivity contribution in [2.75, 3.05) is 0 Å². The fourth-order valence-electron chi connectivity index (χ4n) is 7.02. The molecule has 5 heteroatoms. The summed E-state index contributed by atoms with van der Waals surface area (Å²) in [5.41, 5.74) is 7.15. The van der Waals surface area contributed by atoms with E-state index in [9.17, 15) is 0 Å². The quantitative estimate of drug-likeness (QED) is 0.187. The van der Waals surface area contributed by atoms with Gasteiger partial charge in [0.15, 0.2) is 11.6 Å². The number of para-hydroxylation sites is 3. The van der Waals surface area contributed by atoms with Gasteiger partial charge in [-0.1, -0.05) is 133 Å². The van der Waals surface area contributed by atoms with Crippen molar-refractivity contribution >= 4 is 43.6 Å². The Morgan fingerprint density at radius 3 is 1.58 bits per heavy atom. The summed E-state index contributed by atoms with van der Waals surface area (Å²) < 4.78 is 46.8. The van der Waals surface area contributed by atoms with Gasteiger partial charge < -0.3 is 4.57 Å². The Hall–Kier alpha value is -6.85. The maximum atomic E-state index is 8.90. The Labute approximate surface area is 295 Å². The van der Waals surface area contributed by atoms with Crippen LogP contribution in [-0.4, -0.2) is 24.1 Å². The third kappa shape index (κ3) is 4.52. The first-order valence-corrected chi connectivity index (χ1v) is 16.4. The van der Waals surface area contributed by atoms with Crippen LogP contribution in [0.3, 0.4) is 0 Å². The number of rotatable bonds is 5. The molecule has 0 atom stereocenters. The monoisotopic (exact) mass is 644 g/mol. The molecule has 0 saturated heterocycles. The van der Waals surface area contributed by atoms with E-state index in [1.807, 2.05) is 109 Å². The van der Waals surface area contributed by atoms with Gasteiger partial charge in [-0.3, -0.25) is 4.57 Å². The van der Waals surface area contributed by atoms with Crippen molar-refractivity contribution in [2.45, 2.75) is 0 Å². The van der Waals surface area contributed by atoms with Crippen LogP contribution in [-0.2, 0) is 0 Å². The molecule has 7 aromatic carbocycles. The van der Waals surface area contributed by atoms with E-state index in [-0.39, 0.29) is 29.9 Å². The second-order valence-electron chi connectivity index (χ2n) is 12.2. The molecule has 3 heterocycles. The van der Waals surface area contributed by atoms with E-state index in [2.05, 4.69) is 41.0 Å². The summed E-state index contributed by atoms with van der Waals surface area (Å²) in [5, 5.41) is 3.58. The van der Waals surface area contributed by atoms with Crippen LogP contribution in [0.5, 0.6) is 0 Å². The van der Waals surface area contributed by atoms with Gasteiger partial charge in [-0.25, -0.2) is 4.98 Å².